The first-order chi connectivity index (χ1) is 7.36. The van der Waals surface area contributed by atoms with Gasteiger partial charge in [-0.15, -0.1) is 11.3 Å². The quantitative estimate of drug-likeness (QED) is 0.600. The van der Waals surface area contributed by atoms with E-state index in [9.17, 15) is 4.79 Å². The van der Waals surface area contributed by atoms with E-state index < -0.39 is 0 Å². The molecule has 0 saturated heterocycles. The van der Waals surface area contributed by atoms with Crippen molar-refractivity contribution in [3.05, 3.63) is 46.4 Å². The molecule has 2 rings (SSSR count). The molecule has 2 N–H and O–H groups in total. The molecule has 0 saturated carbocycles. The van der Waals surface area contributed by atoms with Crippen LogP contribution in [0.5, 0.6) is 0 Å². The number of thiophene rings is 1. The summed E-state index contributed by atoms with van der Waals surface area (Å²) in [4.78, 5) is 15.2. The predicted octanol–water partition coefficient (Wildman–Crippen LogP) is 1.84. The maximum Gasteiger partial charge on any atom is 0.287 e. The highest BCUT2D eigenvalue weighted by Gasteiger charge is 2.02. The van der Waals surface area contributed by atoms with E-state index >= 15 is 0 Å². The molecule has 2 aromatic rings. The lowest BCUT2D eigenvalue weighted by atomic mass is 10.4. The third kappa shape index (κ3) is 2.54. The lowest BCUT2D eigenvalue weighted by Crippen LogP contribution is -2.17. The van der Waals surface area contributed by atoms with Crippen LogP contribution in [0.1, 0.15) is 15.4 Å². The number of hydrazone groups is 1. The second kappa shape index (κ2) is 4.56. The molecule has 15 heavy (non-hydrogen) atoms. The van der Waals surface area contributed by atoms with Crippen molar-refractivity contribution in [1.29, 1.82) is 0 Å². The number of H-pyrrole nitrogens is 1. The molecule has 0 aliphatic rings. The van der Waals surface area contributed by atoms with Crippen molar-refractivity contribution in [2.75, 3.05) is 0 Å². The number of nitrogens with one attached hydrogen (secondary N) is 2. The summed E-state index contributed by atoms with van der Waals surface area (Å²) in [7, 11) is 0. The Morgan fingerprint density at radius 2 is 2.40 bits per heavy atom. The van der Waals surface area contributed by atoms with Crippen LogP contribution >= 0.6 is 11.3 Å². The van der Waals surface area contributed by atoms with Gasteiger partial charge in [0.15, 0.2) is 0 Å². The summed E-state index contributed by atoms with van der Waals surface area (Å²) < 4.78 is 0. The summed E-state index contributed by atoms with van der Waals surface area (Å²) in [5.41, 5.74) is 2.93. The zero-order valence-corrected chi connectivity index (χ0v) is 8.62. The Bertz CT molecular complexity index is 445. The van der Waals surface area contributed by atoms with Crippen molar-refractivity contribution < 1.29 is 4.79 Å². The number of amides is 1. The van der Waals surface area contributed by atoms with Gasteiger partial charge >= 0.3 is 0 Å². The van der Waals surface area contributed by atoms with E-state index in [0.29, 0.717) is 5.69 Å². The number of aromatic amines is 1. The van der Waals surface area contributed by atoms with E-state index in [1.807, 2.05) is 17.5 Å². The van der Waals surface area contributed by atoms with Crippen molar-refractivity contribution in [1.82, 2.24) is 10.4 Å². The lowest BCUT2D eigenvalue weighted by molar-refractivity contribution is 0.0951. The van der Waals surface area contributed by atoms with Crippen molar-refractivity contribution in [3.63, 3.8) is 0 Å². The number of carbonyl (C=O) groups excluding carboxylic acids is 1. The minimum absolute atomic E-state index is 0.243. The first-order valence-electron chi connectivity index (χ1n) is 4.36. The fourth-order valence-electron chi connectivity index (χ4n) is 1.05. The summed E-state index contributed by atoms with van der Waals surface area (Å²) >= 11 is 1.56. The van der Waals surface area contributed by atoms with Crippen LogP contribution in [-0.2, 0) is 0 Å². The van der Waals surface area contributed by atoms with Gasteiger partial charge in [0.2, 0.25) is 0 Å². The van der Waals surface area contributed by atoms with E-state index in [4.69, 9.17) is 0 Å². The maximum absolute atomic E-state index is 11.4. The molecular formula is C10H9N3OS. The Hall–Kier alpha value is -1.88. The summed E-state index contributed by atoms with van der Waals surface area (Å²) in [6.45, 7) is 0. The molecule has 0 spiro atoms. The fraction of sp³-hybridized carbons (Fsp3) is 0. The van der Waals surface area contributed by atoms with Gasteiger partial charge in [-0.2, -0.15) is 5.10 Å². The largest absolute Gasteiger partial charge is 0.357 e. The summed E-state index contributed by atoms with van der Waals surface area (Å²) in [5, 5.41) is 5.79. The highest BCUT2D eigenvalue weighted by atomic mass is 32.1. The van der Waals surface area contributed by atoms with Crippen LogP contribution in [0.2, 0.25) is 0 Å². The molecule has 0 aliphatic heterocycles. The Morgan fingerprint density at radius 3 is 3.07 bits per heavy atom. The van der Waals surface area contributed by atoms with E-state index in [2.05, 4.69) is 15.5 Å². The molecule has 0 radical (unpaired) electrons. The van der Waals surface area contributed by atoms with Gasteiger partial charge < -0.3 is 4.98 Å². The zero-order valence-electron chi connectivity index (χ0n) is 7.81. The van der Waals surface area contributed by atoms with Gasteiger partial charge in [-0.3, -0.25) is 4.79 Å². The van der Waals surface area contributed by atoms with Crippen LogP contribution < -0.4 is 5.43 Å². The normalized spacial score (nSPS) is 10.7. The van der Waals surface area contributed by atoms with Gasteiger partial charge in [-0.05, 0) is 23.6 Å². The molecular weight excluding hydrogens is 210 g/mol. The summed E-state index contributed by atoms with van der Waals surface area (Å²) in [6.07, 6.45) is 3.31. The SMILES string of the molecule is O=C(N/N=C/c1cccs1)c1ccc[nH]1. The van der Waals surface area contributed by atoms with E-state index in [1.54, 1.807) is 35.9 Å². The zero-order chi connectivity index (χ0) is 10.5. The Kier molecular flexibility index (Phi) is 2.94. The molecule has 0 unspecified atom stereocenters. The molecule has 0 aromatic carbocycles. The van der Waals surface area contributed by atoms with Gasteiger partial charge in [0.1, 0.15) is 5.69 Å². The number of carbonyl (C=O) groups is 1. The molecule has 76 valence electrons. The number of rotatable bonds is 3. The van der Waals surface area contributed by atoms with Crippen LogP contribution in [0.4, 0.5) is 0 Å². The van der Waals surface area contributed by atoms with Crippen molar-refractivity contribution in [3.8, 4) is 0 Å². The topological polar surface area (TPSA) is 57.2 Å². The number of aromatic nitrogens is 1. The molecule has 2 aromatic heterocycles. The van der Waals surface area contributed by atoms with Gasteiger partial charge in [-0.25, -0.2) is 5.43 Å². The first kappa shape index (κ1) is 9.67. The maximum atomic E-state index is 11.4. The second-order valence-corrected chi connectivity index (χ2v) is 3.78. The lowest BCUT2D eigenvalue weighted by Gasteiger charge is -1.94. The fourth-order valence-corrected chi connectivity index (χ4v) is 1.64. The molecule has 4 nitrogen and oxygen atoms in total. The van der Waals surface area contributed by atoms with Crippen molar-refractivity contribution >= 4 is 23.5 Å². The molecule has 0 bridgehead atoms. The molecule has 2 heterocycles. The van der Waals surface area contributed by atoms with Gasteiger partial charge in [0.25, 0.3) is 5.91 Å². The highest BCUT2D eigenvalue weighted by molar-refractivity contribution is 7.11. The summed E-state index contributed by atoms with van der Waals surface area (Å²) in [5.74, 6) is -0.243. The van der Waals surface area contributed by atoms with Crippen molar-refractivity contribution in [2.45, 2.75) is 0 Å². The van der Waals surface area contributed by atoms with Crippen LogP contribution in [0.3, 0.4) is 0 Å². The molecule has 1 amide bonds. The monoisotopic (exact) mass is 219 g/mol. The van der Waals surface area contributed by atoms with Crippen LogP contribution in [0, 0.1) is 0 Å². The van der Waals surface area contributed by atoms with Crippen LogP contribution in [0.15, 0.2) is 40.9 Å². The molecule has 0 fully saturated rings. The average molecular weight is 219 g/mol. The molecule has 0 aliphatic carbocycles. The molecule has 5 heteroatoms. The molecule has 0 atom stereocenters. The average Bonchev–Trinajstić information content (AvgIpc) is 2.90. The van der Waals surface area contributed by atoms with Crippen LogP contribution in [-0.4, -0.2) is 17.1 Å². The van der Waals surface area contributed by atoms with Gasteiger partial charge in [-0.1, -0.05) is 6.07 Å². The van der Waals surface area contributed by atoms with Gasteiger partial charge in [0, 0.05) is 11.1 Å². The van der Waals surface area contributed by atoms with E-state index in [1.165, 1.54) is 0 Å². The number of hydrogen-bond acceptors (Lipinski definition) is 3. The number of hydrogen-bond donors (Lipinski definition) is 2. The standard InChI is InChI=1S/C10H9N3OS/c14-10(9-4-1-5-11-9)13-12-7-8-3-2-6-15-8/h1-7,11H,(H,13,14)/b12-7+. The van der Waals surface area contributed by atoms with Crippen molar-refractivity contribution in [2.24, 2.45) is 5.10 Å². The number of nitrogens with zero attached hydrogens (tertiary/aromatic N) is 1. The van der Waals surface area contributed by atoms with E-state index in [0.717, 1.165) is 4.88 Å². The summed E-state index contributed by atoms with van der Waals surface area (Å²) in [6, 6.07) is 7.31. The smallest absolute Gasteiger partial charge is 0.287 e. The third-order valence-electron chi connectivity index (χ3n) is 1.74. The predicted molar refractivity (Wildman–Crippen MR) is 60.2 cm³/mol. The highest BCUT2D eigenvalue weighted by Crippen LogP contribution is 2.04. The van der Waals surface area contributed by atoms with Crippen LogP contribution in [0.25, 0.3) is 0 Å². The minimum Gasteiger partial charge on any atom is -0.357 e. The Balaban J connectivity index is 1.91. The van der Waals surface area contributed by atoms with Gasteiger partial charge in [0.05, 0.1) is 6.21 Å². The first-order valence-corrected chi connectivity index (χ1v) is 5.24. The second-order valence-electron chi connectivity index (χ2n) is 2.80. The third-order valence-corrected chi connectivity index (χ3v) is 2.55. The Labute approximate surface area is 90.6 Å². The van der Waals surface area contributed by atoms with E-state index in [-0.39, 0.29) is 5.91 Å². The Morgan fingerprint density at radius 1 is 1.47 bits per heavy atom. The minimum atomic E-state index is -0.243.